The Morgan fingerprint density at radius 1 is 1.07 bits per heavy atom. The van der Waals surface area contributed by atoms with Crippen LogP contribution >= 0.6 is 0 Å². The second-order valence-electron chi connectivity index (χ2n) is 5.92. The average Bonchev–Trinajstić information content (AvgIpc) is 3.37. The van der Waals surface area contributed by atoms with Crippen molar-refractivity contribution in [2.75, 3.05) is 0 Å². The number of non-ortho nitro benzene ring substituents is 1. The Balaban J connectivity index is 0.000000379. The number of nitro groups is 1. The molecule has 138 valence electrons. The first kappa shape index (κ1) is 20.4. The third-order valence-corrected chi connectivity index (χ3v) is 4.11. The molecule has 1 heterocycles. The summed E-state index contributed by atoms with van der Waals surface area (Å²) in [7, 11) is 0. The normalized spacial score (nSPS) is 17.3. The topological polar surface area (TPSA) is 72.2 Å². The molecule has 1 saturated heterocycles. The maximum atomic E-state index is 11.9. The van der Waals surface area contributed by atoms with Crippen LogP contribution in [0, 0.1) is 16.5 Å². The zero-order valence-corrected chi connectivity index (χ0v) is 15.5. The van der Waals surface area contributed by atoms with Gasteiger partial charge in [-0.1, -0.05) is 35.8 Å². The number of amides is 1. The van der Waals surface area contributed by atoms with Crippen LogP contribution in [-0.4, -0.2) is 10.8 Å². The van der Waals surface area contributed by atoms with E-state index in [1.54, 1.807) is 12.1 Å². The van der Waals surface area contributed by atoms with Gasteiger partial charge in [-0.05, 0) is 0 Å². The largest absolute Gasteiger partial charge is 2.00 e. The minimum absolute atomic E-state index is 0. The van der Waals surface area contributed by atoms with E-state index in [1.807, 2.05) is 61.1 Å². The van der Waals surface area contributed by atoms with Gasteiger partial charge in [0.05, 0.1) is 4.92 Å². The number of piperidine rings is 1. The number of benzene rings is 1. The summed E-state index contributed by atoms with van der Waals surface area (Å²) in [4.78, 5) is 22.1. The monoisotopic (exact) mass is 402 g/mol. The molecule has 0 bridgehead atoms. The van der Waals surface area contributed by atoms with E-state index < -0.39 is 4.92 Å². The van der Waals surface area contributed by atoms with E-state index in [0.717, 1.165) is 16.8 Å². The van der Waals surface area contributed by atoms with Gasteiger partial charge in [0.1, 0.15) is 0 Å². The number of allylic oxidation sites excluding steroid dienone is 6. The summed E-state index contributed by atoms with van der Waals surface area (Å²) in [6.45, 7) is 0. The van der Waals surface area contributed by atoms with Gasteiger partial charge in [0.25, 0.3) is 5.69 Å². The summed E-state index contributed by atoms with van der Waals surface area (Å²) in [5, 5.41) is 13.5. The molecular formula is C21H18FeN2O3. The Bertz CT molecular complexity index is 834. The Morgan fingerprint density at radius 3 is 2.22 bits per heavy atom. The molecule has 1 fully saturated rings. The van der Waals surface area contributed by atoms with E-state index in [1.165, 1.54) is 12.1 Å². The Morgan fingerprint density at radius 2 is 1.70 bits per heavy atom. The molecule has 0 radical (unpaired) electrons. The molecule has 2 aromatic carbocycles. The summed E-state index contributed by atoms with van der Waals surface area (Å²) in [5.41, 5.74) is 2.72. The van der Waals surface area contributed by atoms with Crippen LogP contribution in [0.3, 0.4) is 0 Å². The number of nitrogens with one attached hydrogen (secondary N) is 1. The molecule has 27 heavy (non-hydrogen) atoms. The van der Waals surface area contributed by atoms with E-state index in [0.29, 0.717) is 6.42 Å². The number of rotatable bonds is 2. The van der Waals surface area contributed by atoms with Gasteiger partial charge in [-0.3, -0.25) is 14.9 Å². The van der Waals surface area contributed by atoms with Crippen molar-refractivity contribution in [2.45, 2.75) is 12.3 Å². The van der Waals surface area contributed by atoms with Crippen LogP contribution < -0.4 is 5.32 Å². The minimum atomic E-state index is -0.428. The Hall–Kier alpha value is -2.95. The van der Waals surface area contributed by atoms with Crippen molar-refractivity contribution in [1.29, 1.82) is 0 Å². The van der Waals surface area contributed by atoms with Crippen molar-refractivity contribution in [3.8, 4) is 0 Å². The number of hydrogen-bond acceptors (Lipinski definition) is 3. The van der Waals surface area contributed by atoms with Gasteiger partial charge in [0.2, 0.25) is 5.91 Å². The molecule has 6 heteroatoms. The molecule has 1 atom stereocenters. The van der Waals surface area contributed by atoms with Crippen LogP contribution in [0.15, 0.2) is 90.2 Å². The smallest absolute Gasteiger partial charge is 0.360 e. The molecule has 1 unspecified atom stereocenters. The van der Waals surface area contributed by atoms with Crippen molar-refractivity contribution in [3.05, 3.63) is 112 Å². The van der Waals surface area contributed by atoms with Crippen molar-refractivity contribution < 1.29 is 26.8 Å². The molecule has 1 N–H and O–H groups in total. The van der Waals surface area contributed by atoms with Crippen LogP contribution in [0.5, 0.6) is 0 Å². The summed E-state index contributed by atoms with van der Waals surface area (Å²) in [5.74, 6) is -0.110. The quantitative estimate of drug-likeness (QED) is 0.355. The van der Waals surface area contributed by atoms with Crippen molar-refractivity contribution >= 4 is 11.6 Å². The molecule has 1 amide bonds. The molecule has 2 aliphatic rings. The van der Waals surface area contributed by atoms with Gasteiger partial charge in [-0.15, -0.1) is 17.8 Å². The van der Waals surface area contributed by atoms with E-state index in [9.17, 15) is 14.9 Å². The second kappa shape index (κ2) is 9.67. The molecule has 4 rings (SSSR count). The molecular weight excluding hydrogens is 384 g/mol. The predicted molar refractivity (Wildman–Crippen MR) is 100 cm³/mol. The van der Waals surface area contributed by atoms with Gasteiger partial charge in [-0.2, -0.15) is 30.2 Å². The fourth-order valence-corrected chi connectivity index (χ4v) is 2.80. The fraction of sp³-hybridized carbons (Fsp3) is 0.0952. The summed E-state index contributed by atoms with van der Waals surface area (Å²) < 4.78 is 0. The minimum Gasteiger partial charge on any atom is -0.360 e. The van der Waals surface area contributed by atoms with Gasteiger partial charge in [0, 0.05) is 18.6 Å². The summed E-state index contributed by atoms with van der Waals surface area (Å²) in [6, 6.07) is 16.4. The van der Waals surface area contributed by atoms with Gasteiger partial charge < -0.3 is 5.32 Å². The SMILES string of the molecule is O=C1CC(c2ccc([N+](=O)[O-])cc2)[CH-]C(=C2C=CC=C2)N1.[Fe+2].c1cc[cH-]c1. The Labute approximate surface area is 168 Å². The van der Waals surface area contributed by atoms with Crippen LogP contribution in [0.1, 0.15) is 17.9 Å². The third-order valence-electron chi connectivity index (χ3n) is 4.11. The zero-order chi connectivity index (χ0) is 18.4. The third kappa shape index (κ3) is 5.51. The van der Waals surface area contributed by atoms with E-state index in [4.69, 9.17) is 0 Å². The molecule has 0 aromatic heterocycles. The summed E-state index contributed by atoms with van der Waals surface area (Å²) >= 11 is 0. The van der Waals surface area contributed by atoms with Crippen molar-refractivity contribution in [2.24, 2.45) is 0 Å². The summed E-state index contributed by atoms with van der Waals surface area (Å²) in [6.07, 6.45) is 10.0. The van der Waals surface area contributed by atoms with E-state index >= 15 is 0 Å². The van der Waals surface area contributed by atoms with Gasteiger partial charge in [0.15, 0.2) is 0 Å². The molecule has 5 nitrogen and oxygen atoms in total. The maximum Gasteiger partial charge on any atom is 2.00 e. The number of carbonyl (C=O) groups is 1. The molecule has 1 aliphatic heterocycles. The molecule has 0 saturated carbocycles. The Kier molecular flexibility index (Phi) is 7.29. The standard InChI is InChI=1S/C16H13N2O3.C5H5.Fe/c19-16-10-13(9-15(17-16)12-3-1-2-4-12)11-5-7-14(8-6-11)18(20)21;1-2-4-5-3-1;/h1-9,13H,10H2,(H,17,19);1-5H;/q2*-1;+2. The first-order valence-electron chi connectivity index (χ1n) is 8.28. The van der Waals surface area contributed by atoms with Crippen LogP contribution in [0.2, 0.25) is 0 Å². The zero-order valence-electron chi connectivity index (χ0n) is 14.4. The van der Waals surface area contributed by atoms with Gasteiger partial charge in [-0.25, -0.2) is 12.1 Å². The van der Waals surface area contributed by atoms with Crippen LogP contribution in [-0.2, 0) is 21.9 Å². The molecule has 1 aliphatic carbocycles. The van der Waals surface area contributed by atoms with Crippen molar-refractivity contribution in [1.82, 2.24) is 5.32 Å². The predicted octanol–water partition coefficient (Wildman–Crippen LogP) is 4.19. The number of carbonyl (C=O) groups excluding carboxylic acids is 1. The van der Waals surface area contributed by atoms with E-state index in [-0.39, 0.29) is 34.6 Å². The first-order valence-corrected chi connectivity index (χ1v) is 8.28. The van der Waals surface area contributed by atoms with E-state index in [2.05, 4.69) is 5.32 Å². The molecule has 0 spiro atoms. The van der Waals surface area contributed by atoms with Gasteiger partial charge >= 0.3 is 17.1 Å². The van der Waals surface area contributed by atoms with Crippen LogP contribution in [0.4, 0.5) is 5.69 Å². The van der Waals surface area contributed by atoms with Crippen LogP contribution in [0.25, 0.3) is 0 Å². The molecule has 2 aromatic rings. The number of nitro benzene ring substituents is 1. The maximum absolute atomic E-state index is 11.9. The fourth-order valence-electron chi connectivity index (χ4n) is 2.80. The number of nitrogens with zero attached hydrogens (tertiary/aromatic N) is 1. The second-order valence-corrected chi connectivity index (χ2v) is 5.92. The number of hydrogen-bond donors (Lipinski definition) is 1. The first-order chi connectivity index (χ1) is 12.6. The average molecular weight is 402 g/mol. The van der Waals surface area contributed by atoms with Crippen molar-refractivity contribution in [3.63, 3.8) is 0 Å².